The van der Waals surface area contributed by atoms with Crippen molar-refractivity contribution in [3.8, 4) is 0 Å². The molecule has 6 saturated heterocycles. The third kappa shape index (κ3) is 4.02. The molecule has 1 N–H and O–H groups in total. The number of hydrogen-bond donors (Lipinski definition) is 1. The van der Waals surface area contributed by atoms with E-state index in [2.05, 4.69) is 5.32 Å². The van der Waals surface area contributed by atoms with Crippen molar-refractivity contribution in [3.05, 3.63) is 0 Å². The number of fused-ring (bicyclic) bond motifs is 6. The first-order valence-corrected chi connectivity index (χ1v) is 11.8. The number of nitrogens with one attached hydrogen (secondary N) is 1. The fourth-order valence-corrected chi connectivity index (χ4v) is 5.57. The van der Waals surface area contributed by atoms with Crippen molar-refractivity contribution in [2.45, 2.75) is 120 Å². The molecule has 0 aromatic heterocycles. The molecule has 6 heterocycles. The van der Waals surface area contributed by atoms with Gasteiger partial charge in [-0.25, -0.2) is 4.79 Å². The number of carbonyl (C=O) groups excluding carboxylic acids is 1. The number of hydrogen-bond acceptors (Lipinski definition) is 11. The molecule has 0 spiro atoms. The number of rotatable bonds is 3. The van der Waals surface area contributed by atoms with Crippen LogP contribution in [0.25, 0.3) is 0 Å². The maximum atomic E-state index is 12.1. The Bertz CT molecular complexity index is 834. The third-order valence-electron chi connectivity index (χ3n) is 6.86. The molecule has 0 aliphatic carbocycles. The maximum Gasteiger partial charge on any atom is 0.408 e. The lowest BCUT2D eigenvalue weighted by molar-refractivity contribution is -0.366. The number of amides is 1. The largest absolute Gasteiger partial charge is 0.441 e. The van der Waals surface area contributed by atoms with Crippen molar-refractivity contribution in [3.63, 3.8) is 0 Å². The van der Waals surface area contributed by atoms with E-state index < -0.39 is 78.7 Å². The molecule has 0 saturated carbocycles. The van der Waals surface area contributed by atoms with Gasteiger partial charge >= 0.3 is 6.09 Å². The van der Waals surface area contributed by atoms with Crippen LogP contribution in [0.3, 0.4) is 0 Å². The van der Waals surface area contributed by atoms with Gasteiger partial charge < -0.3 is 52.7 Å². The predicted octanol–water partition coefficient (Wildman–Crippen LogP) is 0.753. The van der Waals surface area contributed by atoms with Gasteiger partial charge in [-0.1, -0.05) is 0 Å². The van der Waals surface area contributed by atoms with Crippen LogP contribution < -0.4 is 5.32 Å². The Balaban J connectivity index is 1.17. The molecule has 192 valence electrons. The smallest absolute Gasteiger partial charge is 0.408 e. The Hall–Kier alpha value is -1.09. The van der Waals surface area contributed by atoms with Crippen LogP contribution >= 0.6 is 0 Å². The summed E-state index contributed by atoms with van der Waals surface area (Å²) in [6, 6.07) is -0.544. The molecule has 12 nitrogen and oxygen atoms in total. The minimum Gasteiger partial charge on any atom is -0.441 e. The van der Waals surface area contributed by atoms with Gasteiger partial charge in [0.25, 0.3) is 0 Å². The summed E-state index contributed by atoms with van der Waals surface area (Å²) < 4.78 is 60.1. The highest BCUT2D eigenvalue weighted by Gasteiger charge is 2.61. The topological polar surface area (TPSA) is 121 Å². The summed E-state index contributed by atoms with van der Waals surface area (Å²) in [4.78, 5) is 12.1. The lowest BCUT2D eigenvalue weighted by Gasteiger charge is -2.48. The minimum atomic E-state index is -0.807. The molecule has 0 radical (unpaired) electrons. The first-order valence-electron chi connectivity index (χ1n) is 11.8. The summed E-state index contributed by atoms with van der Waals surface area (Å²) in [5, 5.41) is 2.79. The monoisotopic (exact) mass is 487 g/mol. The van der Waals surface area contributed by atoms with Crippen LogP contribution in [0, 0.1) is 0 Å². The lowest BCUT2D eigenvalue weighted by Crippen LogP contribution is -2.65. The zero-order chi connectivity index (χ0) is 24.0. The van der Waals surface area contributed by atoms with Gasteiger partial charge in [-0.15, -0.1) is 0 Å². The van der Waals surface area contributed by atoms with Crippen LogP contribution in [0.4, 0.5) is 4.79 Å². The number of carbonyl (C=O) groups is 1. The SMILES string of the molecule is CC1(C)O[C@H]2[C@@H](O1)[C@@H](CO[C@@H]1O[C@@H]3COC(C)(C)O[C@H]3[C@H]3OC(=O)N[C@@H]13)O[C@@H]1OC(C)(C)O[C@@H]12. The zero-order valence-electron chi connectivity index (χ0n) is 20.2. The van der Waals surface area contributed by atoms with Crippen LogP contribution in [0.1, 0.15) is 41.5 Å². The molecule has 1 amide bonds. The predicted molar refractivity (Wildman–Crippen MR) is 109 cm³/mol. The molecule has 6 fully saturated rings. The second-order valence-electron chi connectivity index (χ2n) is 10.9. The van der Waals surface area contributed by atoms with Crippen molar-refractivity contribution < 1.29 is 52.2 Å². The van der Waals surface area contributed by atoms with Gasteiger partial charge in [0.05, 0.1) is 13.2 Å². The highest BCUT2D eigenvalue weighted by molar-refractivity contribution is 5.70. The second kappa shape index (κ2) is 7.70. The molecular weight excluding hydrogens is 454 g/mol. The summed E-state index contributed by atoms with van der Waals surface area (Å²) in [7, 11) is 0. The molecule has 12 heteroatoms. The van der Waals surface area contributed by atoms with E-state index in [1.165, 1.54) is 0 Å². The van der Waals surface area contributed by atoms with Crippen LogP contribution in [-0.4, -0.2) is 98.0 Å². The van der Waals surface area contributed by atoms with E-state index in [9.17, 15) is 4.79 Å². The quantitative estimate of drug-likeness (QED) is 0.607. The van der Waals surface area contributed by atoms with Gasteiger partial charge in [0.15, 0.2) is 36.0 Å². The van der Waals surface area contributed by atoms with E-state index in [0.717, 1.165) is 0 Å². The van der Waals surface area contributed by atoms with Crippen LogP contribution in [0.2, 0.25) is 0 Å². The first kappa shape index (κ1) is 23.3. The van der Waals surface area contributed by atoms with Gasteiger partial charge in [-0.2, -0.15) is 0 Å². The standard InChI is InChI=1S/C22H33NO11/c1-20(2)26-8-10-12(30-20)14-11(23-19(24)29-14)17(27-10)25-7-9-13-15(32-21(3,4)31-13)16-18(28-9)34-22(5,6)33-16/h9-18H,7-8H2,1-6H3,(H,23,24)/t9-,10-,11-,12-,13+,14+,15+,16-,17-,18-/m1/s1. The fraction of sp³-hybridized carbons (Fsp3) is 0.955. The summed E-state index contributed by atoms with van der Waals surface area (Å²) in [5.74, 6) is -2.41. The first-order chi connectivity index (χ1) is 15.9. The van der Waals surface area contributed by atoms with Gasteiger partial charge in [-0.05, 0) is 41.5 Å². The molecule has 0 aromatic rings. The van der Waals surface area contributed by atoms with Gasteiger partial charge in [0, 0.05) is 0 Å². The van der Waals surface area contributed by atoms with E-state index in [-0.39, 0.29) is 19.3 Å². The van der Waals surface area contributed by atoms with E-state index in [0.29, 0.717) is 0 Å². The number of alkyl carbamates (subject to hydrolysis) is 1. The molecule has 6 aliphatic rings. The van der Waals surface area contributed by atoms with Gasteiger partial charge in [0.1, 0.15) is 42.7 Å². The van der Waals surface area contributed by atoms with Gasteiger partial charge in [0.2, 0.25) is 0 Å². The van der Waals surface area contributed by atoms with E-state index in [1.54, 1.807) is 0 Å². The highest BCUT2D eigenvalue weighted by Crippen LogP contribution is 2.44. The Kier molecular flexibility index (Phi) is 5.28. The number of ether oxygens (including phenoxy) is 10. The van der Waals surface area contributed by atoms with Crippen molar-refractivity contribution in [2.24, 2.45) is 0 Å². The van der Waals surface area contributed by atoms with Crippen LogP contribution in [0.5, 0.6) is 0 Å². The summed E-state index contributed by atoms with van der Waals surface area (Å²) in [6.07, 6.45) is -5.19. The van der Waals surface area contributed by atoms with Crippen molar-refractivity contribution in [1.82, 2.24) is 5.32 Å². The Morgan fingerprint density at radius 3 is 2.29 bits per heavy atom. The third-order valence-corrected chi connectivity index (χ3v) is 6.86. The lowest BCUT2D eigenvalue weighted by atomic mass is 9.96. The van der Waals surface area contributed by atoms with E-state index in [4.69, 9.17) is 47.4 Å². The molecule has 10 atom stereocenters. The molecule has 0 unspecified atom stereocenters. The Morgan fingerprint density at radius 1 is 0.824 bits per heavy atom. The average molecular weight is 488 g/mol. The Labute approximate surface area is 197 Å². The van der Waals surface area contributed by atoms with Crippen molar-refractivity contribution >= 4 is 6.09 Å². The summed E-state index contributed by atoms with van der Waals surface area (Å²) >= 11 is 0. The Morgan fingerprint density at radius 2 is 1.50 bits per heavy atom. The van der Waals surface area contributed by atoms with Gasteiger partial charge in [-0.3, -0.25) is 0 Å². The molecule has 6 rings (SSSR count). The molecule has 0 aromatic carbocycles. The van der Waals surface area contributed by atoms with Crippen molar-refractivity contribution in [1.29, 1.82) is 0 Å². The molecular formula is C22H33NO11. The maximum absolute atomic E-state index is 12.1. The minimum absolute atomic E-state index is 0.113. The zero-order valence-corrected chi connectivity index (χ0v) is 20.2. The summed E-state index contributed by atoms with van der Waals surface area (Å²) in [5.41, 5.74) is 0. The average Bonchev–Trinajstić information content (AvgIpc) is 3.36. The van der Waals surface area contributed by atoms with E-state index in [1.807, 2.05) is 41.5 Å². The second-order valence-corrected chi connectivity index (χ2v) is 10.9. The molecule has 34 heavy (non-hydrogen) atoms. The molecule has 6 aliphatic heterocycles. The normalized spacial score (nSPS) is 49.9. The highest BCUT2D eigenvalue weighted by atomic mass is 16.9. The van der Waals surface area contributed by atoms with Crippen LogP contribution in [-0.2, 0) is 47.4 Å². The fourth-order valence-electron chi connectivity index (χ4n) is 5.57. The van der Waals surface area contributed by atoms with Crippen LogP contribution in [0.15, 0.2) is 0 Å². The summed E-state index contributed by atoms with van der Waals surface area (Å²) in [6.45, 7) is 11.4. The molecule has 0 bridgehead atoms. The van der Waals surface area contributed by atoms with E-state index >= 15 is 0 Å². The van der Waals surface area contributed by atoms with Crippen molar-refractivity contribution in [2.75, 3.05) is 13.2 Å².